The standard InChI is InChI=1S/C14H20FNO/c1-4-6-9-16(5-2)14-8-7-12(11(3)17)10-13(14)15/h7-8,10H,4-6,9H2,1-3H3. The van der Waals surface area contributed by atoms with Crippen molar-refractivity contribution in [3.63, 3.8) is 0 Å². The van der Waals surface area contributed by atoms with E-state index in [0.29, 0.717) is 11.3 Å². The maximum atomic E-state index is 13.9. The van der Waals surface area contributed by atoms with Crippen molar-refractivity contribution < 1.29 is 9.18 Å². The molecule has 0 saturated heterocycles. The molecule has 1 aromatic rings. The van der Waals surface area contributed by atoms with Gasteiger partial charge in [0, 0.05) is 18.7 Å². The molecule has 0 aliphatic heterocycles. The number of benzene rings is 1. The van der Waals surface area contributed by atoms with E-state index in [4.69, 9.17) is 0 Å². The lowest BCUT2D eigenvalue weighted by atomic mass is 10.1. The Morgan fingerprint density at radius 1 is 1.35 bits per heavy atom. The highest BCUT2D eigenvalue weighted by Gasteiger charge is 2.11. The van der Waals surface area contributed by atoms with E-state index in [-0.39, 0.29) is 11.6 Å². The zero-order chi connectivity index (χ0) is 12.8. The first-order valence-corrected chi connectivity index (χ1v) is 6.15. The van der Waals surface area contributed by atoms with E-state index in [1.807, 2.05) is 11.8 Å². The molecule has 0 N–H and O–H groups in total. The number of hydrogen-bond acceptors (Lipinski definition) is 2. The number of ketones is 1. The summed E-state index contributed by atoms with van der Waals surface area (Å²) in [6.45, 7) is 7.19. The minimum Gasteiger partial charge on any atom is -0.369 e. The highest BCUT2D eigenvalue weighted by atomic mass is 19.1. The first-order chi connectivity index (χ1) is 8.10. The predicted molar refractivity (Wildman–Crippen MR) is 69.2 cm³/mol. The Labute approximate surface area is 102 Å². The van der Waals surface area contributed by atoms with Gasteiger partial charge in [0.2, 0.25) is 0 Å². The molecule has 0 spiro atoms. The molecular formula is C14H20FNO. The number of Topliss-reactive ketones (excluding diaryl/α,β-unsaturated/α-hetero) is 1. The smallest absolute Gasteiger partial charge is 0.159 e. The van der Waals surface area contributed by atoms with Gasteiger partial charge in [-0.15, -0.1) is 0 Å². The summed E-state index contributed by atoms with van der Waals surface area (Å²) in [5.74, 6) is -0.414. The minimum atomic E-state index is -0.310. The summed E-state index contributed by atoms with van der Waals surface area (Å²) < 4.78 is 13.9. The molecule has 3 heteroatoms. The van der Waals surface area contributed by atoms with Gasteiger partial charge >= 0.3 is 0 Å². The van der Waals surface area contributed by atoms with Crippen LogP contribution in [0.4, 0.5) is 10.1 Å². The summed E-state index contributed by atoms with van der Waals surface area (Å²) in [6.07, 6.45) is 2.13. The van der Waals surface area contributed by atoms with Crippen molar-refractivity contribution in [3.05, 3.63) is 29.6 Å². The first kappa shape index (κ1) is 13.7. The van der Waals surface area contributed by atoms with Gasteiger partial charge in [-0.1, -0.05) is 13.3 Å². The van der Waals surface area contributed by atoms with Crippen LogP contribution < -0.4 is 4.90 Å². The van der Waals surface area contributed by atoms with Crippen LogP contribution in [0.3, 0.4) is 0 Å². The van der Waals surface area contributed by atoms with Crippen LogP contribution in [0.2, 0.25) is 0 Å². The predicted octanol–water partition coefficient (Wildman–Crippen LogP) is 3.65. The zero-order valence-corrected chi connectivity index (χ0v) is 10.8. The second-order valence-electron chi connectivity index (χ2n) is 4.16. The number of rotatable bonds is 6. The second kappa shape index (κ2) is 6.38. The first-order valence-electron chi connectivity index (χ1n) is 6.15. The molecule has 0 aliphatic rings. The molecular weight excluding hydrogens is 217 g/mol. The topological polar surface area (TPSA) is 20.3 Å². The highest BCUT2D eigenvalue weighted by Crippen LogP contribution is 2.21. The van der Waals surface area contributed by atoms with Crippen LogP contribution in [-0.4, -0.2) is 18.9 Å². The van der Waals surface area contributed by atoms with E-state index in [2.05, 4.69) is 6.92 Å². The Bertz CT molecular complexity index is 390. The number of anilines is 1. The van der Waals surface area contributed by atoms with E-state index in [9.17, 15) is 9.18 Å². The lowest BCUT2D eigenvalue weighted by Gasteiger charge is -2.23. The van der Waals surface area contributed by atoms with E-state index in [0.717, 1.165) is 25.9 Å². The molecule has 1 rings (SSSR count). The summed E-state index contributed by atoms with van der Waals surface area (Å²) in [5, 5.41) is 0. The van der Waals surface area contributed by atoms with Gasteiger partial charge < -0.3 is 4.90 Å². The fourth-order valence-corrected chi connectivity index (χ4v) is 1.78. The fraction of sp³-hybridized carbons (Fsp3) is 0.500. The minimum absolute atomic E-state index is 0.105. The van der Waals surface area contributed by atoms with Gasteiger partial charge in [0.05, 0.1) is 5.69 Å². The molecule has 0 aromatic heterocycles. The van der Waals surface area contributed by atoms with E-state index < -0.39 is 0 Å². The van der Waals surface area contributed by atoms with Crippen molar-refractivity contribution in [1.82, 2.24) is 0 Å². The average molecular weight is 237 g/mol. The molecule has 94 valence electrons. The molecule has 0 amide bonds. The van der Waals surface area contributed by atoms with E-state index in [1.54, 1.807) is 12.1 Å². The van der Waals surface area contributed by atoms with Crippen molar-refractivity contribution in [1.29, 1.82) is 0 Å². The fourth-order valence-electron chi connectivity index (χ4n) is 1.78. The van der Waals surface area contributed by atoms with Crippen LogP contribution in [-0.2, 0) is 0 Å². The van der Waals surface area contributed by atoms with Crippen LogP contribution in [0.15, 0.2) is 18.2 Å². The summed E-state index contributed by atoms with van der Waals surface area (Å²) in [5.41, 5.74) is 1.02. The Morgan fingerprint density at radius 2 is 2.06 bits per heavy atom. The number of carbonyl (C=O) groups is 1. The second-order valence-corrected chi connectivity index (χ2v) is 4.16. The number of nitrogens with zero attached hydrogens (tertiary/aromatic N) is 1. The normalized spacial score (nSPS) is 10.4. The number of carbonyl (C=O) groups excluding carboxylic acids is 1. The van der Waals surface area contributed by atoms with Crippen molar-refractivity contribution in [3.8, 4) is 0 Å². The summed E-state index contributed by atoms with van der Waals surface area (Å²) in [4.78, 5) is 13.1. The van der Waals surface area contributed by atoms with Gasteiger partial charge in [0.1, 0.15) is 5.82 Å². The van der Waals surface area contributed by atoms with Crippen LogP contribution in [0.5, 0.6) is 0 Å². The van der Waals surface area contributed by atoms with Gasteiger partial charge in [0.25, 0.3) is 0 Å². The maximum Gasteiger partial charge on any atom is 0.159 e. The molecule has 0 heterocycles. The molecule has 0 saturated carbocycles. The van der Waals surface area contributed by atoms with E-state index in [1.165, 1.54) is 13.0 Å². The van der Waals surface area contributed by atoms with Gasteiger partial charge in [0.15, 0.2) is 5.78 Å². The molecule has 2 nitrogen and oxygen atoms in total. The Morgan fingerprint density at radius 3 is 2.53 bits per heavy atom. The Hall–Kier alpha value is -1.38. The third kappa shape index (κ3) is 3.55. The summed E-state index contributed by atoms with van der Waals surface area (Å²) >= 11 is 0. The lowest BCUT2D eigenvalue weighted by Crippen LogP contribution is -2.24. The molecule has 0 radical (unpaired) electrons. The molecule has 1 aromatic carbocycles. The van der Waals surface area contributed by atoms with Gasteiger partial charge in [-0.3, -0.25) is 4.79 Å². The largest absolute Gasteiger partial charge is 0.369 e. The number of halogens is 1. The quantitative estimate of drug-likeness (QED) is 0.704. The molecule has 0 bridgehead atoms. The lowest BCUT2D eigenvalue weighted by molar-refractivity contribution is 0.101. The van der Waals surface area contributed by atoms with Gasteiger partial charge in [-0.25, -0.2) is 4.39 Å². The number of unbranched alkanes of at least 4 members (excludes halogenated alkanes) is 1. The molecule has 17 heavy (non-hydrogen) atoms. The summed E-state index contributed by atoms with van der Waals surface area (Å²) in [6, 6.07) is 4.72. The monoisotopic (exact) mass is 237 g/mol. The van der Waals surface area contributed by atoms with Crippen LogP contribution in [0.25, 0.3) is 0 Å². The van der Waals surface area contributed by atoms with Gasteiger partial charge in [-0.2, -0.15) is 0 Å². The average Bonchev–Trinajstić information content (AvgIpc) is 2.31. The van der Waals surface area contributed by atoms with Crippen LogP contribution in [0.1, 0.15) is 44.0 Å². The molecule has 0 unspecified atom stereocenters. The molecule has 0 fully saturated rings. The molecule has 0 aliphatic carbocycles. The third-order valence-electron chi connectivity index (χ3n) is 2.86. The Balaban J connectivity index is 2.92. The van der Waals surface area contributed by atoms with Crippen molar-refractivity contribution in [2.45, 2.75) is 33.6 Å². The van der Waals surface area contributed by atoms with Crippen molar-refractivity contribution in [2.24, 2.45) is 0 Å². The maximum absolute atomic E-state index is 13.9. The van der Waals surface area contributed by atoms with Crippen molar-refractivity contribution in [2.75, 3.05) is 18.0 Å². The van der Waals surface area contributed by atoms with E-state index >= 15 is 0 Å². The Kier molecular flexibility index (Phi) is 5.13. The van der Waals surface area contributed by atoms with Crippen molar-refractivity contribution >= 4 is 11.5 Å². The van der Waals surface area contributed by atoms with Gasteiger partial charge in [-0.05, 0) is 38.5 Å². The SMILES string of the molecule is CCCCN(CC)c1ccc(C(C)=O)cc1F. The summed E-state index contributed by atoms with van der Waals surface area (Å²) in [7, 11) is 0. The highest BCUT2D eigenvalue weighted by molar-refractivity contribution is 5.94. The van der Waals surface area contributed by atoms with Crippen LogP contribution >= 0.6 is 0 Å². The van der Waals surface area contributed by atoms with Crippen LogP contribution in [0, 0.1) is 5.82 Å². The molecule has 0 atom stereocenters. The zero-order valence-electron chi connectivity index (χ0n) is 10.8. The third-order valence-corrected chi connectivity index (χ3v) is 2.86. The number of hydrogen-bond donors (Lipinski definition) is 0.